The van der Waals surface area contributed by atoms with Crippen molar-refractivity contribution in [3.05, 3.63) is 41.7 Å². The number of anilines is 1. The van der Waals surface area contributed by atoms with Gasteiger partial charge in [0.2, 0.25) is 0 Å². The lowest BCUT2D eigenvalue weighted by Crippen LogP contribution is -2.16. The van der Waals surface area contributed by atoms with Crippen LogP contribution in [0.4, 0.5) is 5.69 Å². The van der Waals surface area contributed by atoms with Gasteiger partial charge in [0.1, 0.15) is 4.99 Å². The van der Waals surface area contributed by atoms with Crippen LogP contribution in [0.3, 0.4) is 0 Å². The number of sulfonamides is 1. The molecule has 0 radical (unpaired) electrons. The van der Waals surface area contributed by atoms with Crippen LogP contribution >= 0.6 is 12.2 Å². The zero-order chi connectivity index (χ0) is 15.6. The van der Waals surface area contributed by atoms with E-state index in [9.17, 15) is 8.42 Å². The van der Waals surface area contributed by atoms with Crippen molar-refractivity contribution in [2.45, 2.75) is 25.3 Å². The number of rotatable bonds is 5. The molecule has 1 heterocycles. The van der Waals surface area contributed by atoms with Gasteiger partial charge < -0.3 is 5.73 Å². The van der Waals surface area contributed by atoms with Gasteiger partial charge in [0.15, 0.2) is 0 Å². The van der Waals surface area contributed by atoms with Crippen molar-refractivity contribution in [3.63, 3.8) is 0 Å². The van der Waals surface area contributed by atoms with Gasteiger partial charge >= 0.3 is 0 Å². The number of nitrogens with two attached hydrogens (primary N) is 1. The van der Waals surface area contributed by atoms with E-state index in [0.717, 1.165) is 0 Å². The van der Waals surface area contributed by atoms with Crippen molar-refractivity contribution in [2.75, 3.05) is 4.72 Å². The molecule has 6 nitrogen and oxygen atoms in total. The third kappa shape index (κ3) is 3.40. The Hall–Kier alpha value is -1.93. The molecule has 0 aliphatic rings. The summed E-state index contributed by atoms with van der Waals surface area (Å²) in [6.45, 7) is 4.30. The molecule has 0 spiro atoms. The number of nitrogens with zero attached hydrogens (tertiary/aromatic N) is 2. The van der Waals surface area contributed by atoms with Crippen molar-refractivity contribution >= 4 is 32.9 Å². The highest BCUT2D eigenvalue weighted by Crippen LogP contribution is 2.20. The largest absolute Gasteiger partial charge is 0.389 e. The zero-order valence-corrected chi connectivity index (χ0v) is 13.3. The number of hydrogen-bond donors (Lipinski definition) is 2. The van der Waals surface area contributed by atoms with E-state index < -0.39 is 10.0 Å². The van der Waals surface area contributed by atoms with Crippen LogP contribution in [0.15, 0.2) is 35.5 Å². The summed E-state index contributed by atoms with van der Waals surface area (Å²) in [5.74, 6) is 0. The standard InChI is InChI=1S/C13H16N4O2S2/c1-3-17-8-11(7-15-17)16-21(18,19)12-6-10(13(14)20)5-4-9(12)2/h4-8,16H,3H2,1-2H3,(H2,14,20). The van der Waals surface area contributed by atoms with E-state index in [0.29, 0.717) is 23.4 Å². The molecule has 3 N–H and O–H groups in total. The predicted molar refractivity (Wildman–Crippen MR) is 85.8 cm³/mol. The highest BCUT2D eigenvalue weighted by atomic mass is 32.2. The second-order valence-electron chi connectivity index (χ2n) is 4.53. The number of benzene rings is 1. The first-order valence-electron chi connectivity index (χ1n) is 6.29. The summed E-state index contributed by atoms with van der Waals surface area (Å²) in [5.41, 5.74) is 7.10. The van der Waals surface area contributed by atoms with E-state index in [-0.39, 0.29) is 9.88 Å². The zero-order valence-electron chi connectivity index (χ0n) is 11.7. The number of nitrogens with one attached hydrogen (secondary N) is 1. The maximum Gasteiger partial charge on any atom is 0.262 e. The van der Waals surface area contributed by atoms with Crippen molar-refractivity contribution in [3.8, 4) is 0 Å². The summed E-state index contributed by atoms with van der Waals surface area (Å²) in [6, 6.07) is 4.86. The number of aryl methyl sites for hydroxylation is 2. The lowest BCUT2D eigenvalue weighted by molar-refractivity contribution is 0.600. The van der Waals surface area contributed by atoms with E-state index >= 15 is 0 Å². The summed E-state index contributed by atoms with van der Waals surface area (Å²) >= 11 is 4.89. The molecule has 0 saturated carbocycles. The quantitative estimate of drug-likeness (QED) is 0.816. The second kappa shape index (κ2) is 5.82. The van der Waals surface area contributed by atoms with E-state index in [1.807, 2.05) is 6.92 Å². The fourth-order valence-corrected chi connectivity index (χ4v) is 3.27. The summed E-state index contributed by atoms with van der Waals surface area (Å²) in [5, 5.41) is 4.03. The van der Waals surface area contributed by atoms with Crippen molar-refractivity contribution in [1.29, 1.82) is 0 Å². The average molecular weight is 324 g/mol. The molecular weight excluding hydrogens is 308 g/mol. The van der Waals surface area contributed by atoms with Crippen LogP contribution in [-0.2, 0) is 16.6 Å². The molecule has 2 aromatic rings. The Morgan fingerprint density at radius 3 is 2.76 bits per heavy atom. The third-order valence-corrected chi connectivity index (χ3v) is 4.73. The average Bonchev–Trinajstić information content (AvgIpc) is 2.85. The first kappa shape index (κ1) is 15.5. The van der Waals surface area contributed by atoms with Crippen LogP contribution in [-0.4, -0.2) is 23.2 Å². The molecule has 0 unspecified atom stereocenters. The lowest BCUT2D eigenvalue weighted by Gasteiger charge is -2.10. The van der Waals surface area contributed by atoms with Gasteiger partial charge in [-0.25, -0.2) is 8.42 Å². The summed E-state index contributed by atoms with van der Waals surface area (Å²) in [4.78, 5) is 0.308. The van der Waals surface area contributed by atoms with Gasteiger partial charge in [-0.1, -0.05) is 24.4 Å². The SMILES string of the molecule is CCn1cc(NS(=O)(=O)c2cc(C(N)=S)ccc2C)cn1. The van der Waals surface area contributed by atoms with Crippen molar-refractivity contribution < 1.29 is 8.42 Å². The number of aromatic nitrogens is 2. The normalized spacial score (nSPS) is 11.3. The lowest BCUT2D eigenvalue weighted by atomic mass is 10.1. The fourth-order valence-electron chi connectivity index (χ4n) is 1.84. The molecule has 1 aromatic carbocycles. The molecule has 2 rings (SSSR count). The van der Waals surface area contributed by atoms with Gasteiger partial charge in [-0.3, -0.25) is 9.40 Å². The number of thiocarbonyl (C=S) groups is 1. The van der Waals surface area contributed by atoms with Gasteiger partial charge in [0.05, 0.1) is 16.8 Å². The Balaban J connectivity index is 2.39. The maximum atomic E-state index is 12.5. The number of hydrogen-bond acceptors (Lipinski definition) is 4. The van der Waals surface area contributed by atoms with Crippen LogP contribution in [0, 0.1) is 6.92 Å². The highest BCUT2D eigenvalue weighted by molar-refractivity contribution is 7.92. The Morgan fingerprint density at radius 2 is 2.19 bits per heavy atom. The van der Waals surface area contributed by atoms with E-state index in [1.54, 1.807) is 29.9 Å². The molecule has 21 heavy (non-hydrogen) atoms. The Labute approximate surface area is 129 Å². The molecule has 0 bridgehead atoms. The molecule has 0 saturated heterocycles. The predicted octanol–water partition coefficient (Wildman–Crippen LogP) is 1.65. The molecule has 8 heteroatoms. The summed E-state index contributed by atoms with van der Waals surface area (Å²) in [7, 11) is -3.71. The van der Waals surface area contributed by atoms with Crippen LogP contribution in [0.5, 0.6) is 0 Å². The highest BCUT2D eigenvalue weighted by Gasteiger charge is 2.18. The first-order valence-corrected chi connectivity index (χ1v) is 8.18. The molecule has 112 valence electrons. The van der Waals surface area contributed by atoms with Crippen LogP contribution in [0.2, 0.25) is 0 Å². The second-order valence-corrected chi connectivity index (χ2v) is 6.63. The van der Waals surface area contributed by atoms with Crippen molar-refractivity contribution in [1.82, 2.24) is 9.78 Å². The molecular formula is C13H16N4O2S2. The Kier molecular flexibility index (Phi) is 4.29. The smallest absolute Gasteiger partial charge is 0.262 e. The molecule has 0 aliphatic heterocycles. The monoisotopic (exact) mass is 324 g/mol. The van der Waals surface area contributed by atoms with Gasteiger partial charge in [0.25, 0.3) is 10.0 Å². The minimum atomic E-state index is -3.71. The van der Waals surface area contributed by atoms with E-state index in [2.05, 4.69) is 9.82 Å². The van der Waals surface area contributed by atoms with Gasteiger partial charge in [-0.2, -0.15) is 5.10 Å². The van der Waals surface area contributed by atoms with Crippen LogP contribution in [0.1, 0.15) is 18.1 Å². The minimum absolute atomic E-state index is 0.150. The third-order valence-electron chi connectivity index (χ3n) is 2.97. The molecule has 0 aliphatic carbocycles. The molecule has 0 fully saturated rings. The Morgan fingerprint density at radius 1 is 1.48 bits per heavy atom. The summed E-state index contributed by atoms with van der Waals surface area (Å²) < 4.78 is 29.1. The van der Waals surface area contributed by atoms with Crippen LogP contribution in [0.25, 0.3) is 0 Å². The van der Waals surface area contributed by atoms with Gasteiger partial charge in [0, 0.05) is 18.3 Å². The van der Waals surface area contributed by atoms with E-state index in [4.69, 9.17) is 18.0 Å². The van der Waals surface area contributed by atoms with Crippen molar-refractivity contribution in [2.24, 2.45) is 5.73 Å². The minimum Gasteiger partial charge on any atom is -0.389 e. The molecule has 1 aromatic heterocycles. The maximum absolute atomic E-state index is 12.5. The van der Waals surface area contributed by atoms with Crippen LogP contribution < -0.4 is 10.5 Å². The topological polar surface area (TPSA) is 90.0 Å². The first-order chi connectivity index (χ1) is 9.83. The molecule has 0 atom stereocenters. The van der Waals surface area contributed by atoms with E-state index in [1.165, 1.54) is 12.3 Å². The fraction of sp³-hybridized carbons (Fsp3) is 0.231. The molecule has 0 amide bonds. The Bertz CT molecular complexity index is 781. The van der Waals surface area contributed by atoms with Gasteiger partial charge in [-0.15, -0.1) is 0 Å². The van der Waals surface area contributed by atoms with Gasteiger partial charge in [-0.05, 0) is 25.5 Å². The summed E-state index contributed by atoms with van der Waals surface area (Å²) in [6.07, 6.45) is 3.10.